The van der Waals surface area contributed by atoms with Gasteiger partial charge in [0.25, 0.3) is 0 Å². The zero-order chi connectivity index (χ0) is 9.52. The van der Waals surface area contributed by atoms with E-state index in [1.165, 1.54) is 12.0 Å². The summed E-state index contributed by atoms with van der Waals surface area (Å²) in [4.78, 5) is 0. The summed E-state index contributed by atoms with van der Waals surface area (Å²) in [6, 6.07) is 10.3. The van der Waals surface area contributed by atoms with E-state index < -0.39 is 0 Å². The Hall–Kier alpha value is 0.163. The van der Waals surface area contributed by atoms with Crippen LogP contribution in [0.2, 0.25) is 0 Å². The Kier molecular flexibility index (Phi) is 12.5. The van der Waals surface area contributed by atoms with E-state index in [-0.39, 0.29) is 24.8 Å². The van der Waals surface area contributed by atoms with Gasteiger partial charge in [-0.3, -0.25) is 0 Å². The van der Waals surface area contributed by atoms with Gasteiger partial charge in [-0.25, -0.2) is 0 Å². The number of hydrogen-bond acceptors (Lipinski definition) is 0. The van der Waals surface area contributed by atoms with E-state index in [2.05, 4.69) is 37.3 Å². The van der Waals surface area contributed by atoms with Crippen LogP contribution < -0.4 is 0 Å². The van der Waals surface area contributed by atoms with Crippen LogP contribution in [-0.4, -0.2) is 0 Å². The van der Waals surface area contributed by atoms with Crippen LogP contribution in [0.3, 0.4) is 0 Å². The van der Waals surface area contributed by atoms with Crippen molar-refractivity contribution in [3.63, 3.8) is 0 Å². The third kappa shape index (κ3) is 9.11. The predicted molar refractivity (Wildman–Crippen MR) is 67.5 cm³/mol. The van der Waals surface area contributed by atoms with E-state index in [4.69, 9.17) is 0 Å². The summed E-state index contributed by atoms with van der Waals surface area (Å²) < 4.78 is 1.56. The second kappa shape index (κ2) is 10.7. The Morgan fingerprint density at radius 2 is 1.67 bits per heavy atom. The first-order chi connectivity index (χ1) is 6.29. The summed E-state index contributed by atoms with van der Waals surface area (Å²) in [5.41, 5.74) is 1.32. The Morgan fingerprint density at radius 1 is 1.07 bits per heavy atom. The molecular formula is C12H15Cl2Zr. The van der Waals surface area contributed by atoms with Gasteiger partial charge in [0.1, 0.15) is 0 Å². The third-order valence-corrected chi connectivity index (χ3v) is 2.62. The van der Waals surface area contributed by atoms with Crippen LogP contribution in [-0.2, 0) is 24.7 Å². The molecule has 0 amide bonds. The molecule has 0 spiro atoms. The van der Waals surface area contributed by atoms with Crippen LogP contribution in [0.1, 0.15) is 12.0 Å². The molecule has 0 saturated heterocycles. The van der Waals surface area contributed by atoms with Crippen molar-refractivity contribution < 1.29 is 24.7 Å². The molecule has 1 aromatic rings. The van der Waals surface area contributed by atoms with Gasteiger partial charge in [-0.1, -0.05) is 35.9 Å². The average molecular weight is 321 g/mol. The molecule has 1 aliphatic carbocycles. The number of rotatable bonds is 0. The SMILES string of the molecule is Cc1ccccc1.Cl.Cl.[Zr][C]1=CC=CC1. The van der Waals surface area contributed by atoms with Crippen molar-refractivity contribution in [2.45, 2.75) is 13.3 Å². The molecular weight excluding hydrogens is 306 g/mol. The van der Waals surface area contributed by atoms with Crippen molar-refractivity contribution in [3.8, 4) is 0 Å². The number of hydrogen-bond donors (Lipinski definition) is 0. The Balaban J connectivity index is 0. The monoisotopic (exact) mass is 319 g/mol. The molecule has 0 N–H and O–H groups in total. The molecule has 0 nitrogen and oxygen atoms in total. The number of allylic oxidation sites excluding steroid dienone is 4. The first-order valence-electron chi connectivity index (χ1n) is 4.38. The zero-order valence-electron chi connectivity index (χ0n) is 8.64. The Bertz CT molecular complexity index is 305. The third-order valence-electron chi connectivity index (χ3n) is 1.71. The minimum absolute atomic E-state index is 0. The Labute approximate surface area is 120 Å². The van der Waals surface area contributed by atoms with Crippen molar-refractivity contribution in [2.24, 2.45) is 0 Å². The summed E-state index contributed by atoms with van der Waals surface area (Å²) in [6.07, 6.45) is 7.69. The summed E-state index contributed by atoms with van der Waals surface area (Å²) in [5.74, 6) is 0. The molecule has 0 aromatic heterocycles. The normalized spacial score (nSPS) is 11.3. The van der Waals surface area contributed by atoms with Crippen LogP contribution >= 0.6 is 24.8 Å². The van der Waals surface area contributed by atoms with Gasteiger partial charge >= 0.3 is 52.6 Å². The van der Waals surface area contributed by atoms with Crippen molar-refractivity contribution in [3.05, 3.63) is 57.4 Å². The van der Waals surface area contributed by atoms with E-state index in [0.717, 1.165) is 0 Å². The van der Waals surface area contributed by atoms with Gasteiger partial charge in [-0.05, 0) is 6.92 Å². The molecule has 0 fully saturated rings. The average Bonchev–Trinajstić information content (AvgIpc) is 2.58. The number of benzene rings is 1. The molecule has 0 bridgehead atoms. The van der Waals surface area contributed by atoms with E-state index in [1.54, 1.807) is 28.0 Å². The molecule has 0 saturated carbocycles. The summed E-state index contributed by atoms with van der Waals surface area (Å²) in [7, 11) is 0. The molecule has 1 aromatic carbocycles. The quantitative estimate of drug-likeness (QED) is 0.671. The van der Waals surface area contributed by atoms with Crippen LogP contribution in [0, 0.1) is 6.92 Å². The molecule has 0 radical (unpaired) electrons. The number of halogens is 2. The van der Waals surface area contributed by atoms with Gasteiger partial charge < -0.3 is 0 Å². The number of aryl methyl sites for hydroxylation is 1. The molecule has 0 unspecified atom stereocenters. The van der Waals surface area contributed by atoms with Crippen molar-refractivity contribution in [1.29, 1.82) is 0 Å². The maximum atomic E-state index is 2.18. The van der Waals surface area contributed by atoms with Gasteiger partial charge in [0.15, 0.2) is 0 Å². The van der Waals surface area contributed by atoms with Gasteiger partial charge in [0.2, 0.25) is 0 Å². The molecule has 0 atom stereocenters. The summed E-state index contributed by atoms with van der Waals surface area (Å²) in [6.45, 7) is 2.08. The molecule has 0 heterocycles. The second-order valence-corrected chi connectivity index (χ2v) is 4.56. The fourth-order valence-electron chi connectivity index (χ4n) is 0.982. The van der Waals surface area contributed by atoms with Gasteiger partial charge in [0.05, 0.1) is 0 Å². The standard InChI is InChI=1S/C7H8.C5H5.2ClH.Zr/c1-7-5-3-2-4-6-7;1-2-4-5-3-1;;;/h2-6H,1H3;1-3H,4H2;2*1H;. The molecule has 1 aliphatic rings. The topological polar surface area (TPSA) is 0 Å². The van der Waals surface area contributed by atoms with Crippen molar-refractivity contribution in [1.82, 2.24) is 0 Å². The van der Waals surface area contributed by atoms with E-state index >= 15 is 0 Å². The molecule has 2 rings (SSSR count). The van der Waals surface area contributed by atoms with E-state index in [9.17, 15) is 0 Å². The van der Waals surface area contributed by atoms with Crippen molar-refractivity contribution in [2.75, 3.05) is 0 Å². The van der Waals surface area contributed by atoms with Crippen LogP contribution in [0.15, 0.2) is 51.8 Å². The molecule has 3 heteroatoms. The van der Waals surface area contributed by atoms with Crippen LogP contribution in [0.25, 0.3) is 0 Å². The maximum absolute atomic E-state index is 2.18. The fourth-order valence-corrected chi connectivity index (χ4v) is 1.51. The molecule has 81 valence electrons. The first kappa shape index (κ1) is 17.6. The molecule has 0 aliphatic heterocycles. The Morgan fingerprint density at radius 3 is 1.87 bits per heavy atom. The van der Waals surface area contributed by atoms with Crippen LogP contribution in [0.5, 0.6) is 0 Å². The van der Waals surface area contributed by atoms with Gasteiger partial charge in [-0.2, -0.15) is 0 Å². The summed E-state index contributed by atoms with van der Waals surface area (Å²) in [5, 5.41) is 0. The van der Waals surface area contributed by atoms with E-state index in [1.807, 2.05) is 18.2 Å². The minimum atomic E-state index is 0. The van der Waals surface area contributed by atoms with Crippen LogP contribution in [0.4, 0.5) is 0 Å². The van der Waals surface area contributed by atoms with Gasteiger partial charge in [0, 0.05) is 0 Å². The van der Waals surface area contributed by atoms with Crippen molar-refractivity contribution >= 4 is 24.8 Å². The predicted octanol–water partition coefficient (Wildman–Crippen LogP) is 4.22. The van der Waals surface area contributed by atoms with Gasteiger partial charge in [-0.15, -0.1) is 24.8 Å². The van der Waals surface area contributed by atoms with E-state index in [0.29, 0.717) is 0 Å². The zero-order valence-corrected chi connectivity index (χ0v) is 12.7. The molecule has 15 heavy (non-hydrogen) atoms. The fraction of sp³-hybridized carbons (Fsp3) is 0.167. The second-order valence-electron chi connectivity index (χ2n) is 2.98. The summed E-state index contributed by atoms with van der Waals surface area (Å²) >= 11 is 1.56. The first-order valence-corrected chi connectivity index (χ1v) is 5.61.